The van der Waals surface area contributed by atoms with Crippen molar-refractivity contribution in [2.75, 3.05) is 0 Å². The van der Waals surface area contributed by atoms with Gasteiger partial charge in [-0.15, -0.1) is 0 Å². The number of benzene rings is 2. The molecule has 0 radical (unpaired) electrons. The van der Waals surface area contributed by atoms with E-state index in [1.54, 1.807) is 18.2 Å². The van der Waals surface area contributed by atoms with Crippen molar-refractivity contribution in [2.24, 2.45) is 0 Å². The van der Waals surface area contributed by atoms with Crippen molar-refractivity contribution in [2.45, 2.75) is 25.9 Å². The highest BCUT2D eigenvalue weighted by atomic mass is 79.9. The molecule has 0 amide bonds. The lowest BCUT2D eigenvalue weighted by Crippen LogP contribution is -3.00. The molecule has 0 fully saturated rings. The van der Waals surface area contributed by atoms with Crippen LogP contribution in [0.1, 0.15) is 22.6 Å². The van der Waals surface area contributed by atoms with Gasteiger partial charge in [-0.25, -0.2) is 9.13 Å². The van der Waals surface area contributed by atoms with Gasteiger partial charge in [-0.1, -0.05) is 34.8 Å². The predicted octanol–water partition coefficient (Wildman–Crippen LogP) is 2.24. The Kier molecular flexibility index (Phi) is 6.32. The molecule has 1 aromatic heterocycles. The molecule has 2 heterocycles. The molecule has 3 nitrogen and oxygen atoms in total. The average molecular weight is 487 g/mol. The molecule has 2 aromatic carbocycles. The topological polar surface area (TPSA) is 25.9 Å². The number of imidazole rings is 1. The molecule has 7 heteroatoms. The van der Waals surface area contributed by atoms with Crippen molar-refractivity contribution in [1.82, 2.24) is 4.57 Å². The van der Waals surface area contributed by atoms with E-state index in [1.165, 1.54) is 5.82 Å². The Morgan fingerprint density at radius 1 is 1.04 bits per heavy atom. The van der Waals surface area contributed by atoms with Crippen LogP contribution in [-0.2, 0) is 19.5 Å². The first-order valence-electron chi connectivity index (χ1n) is 8.39. The molecule has 0 atom stereocenters. The summed E-state index contributed by atoms with van der Waals surface area (Å²) >= 11 is 18.0. The number of fused-ring (bicyclic) bond motifs is 1. The SMILES string of the molecule is O=C(C[n+]1cc(-c2ccc(Cl)cc2)n2c1CCC2)c1ccc(Cl)c(Cl)c1.[Br-]. The van der Waals surface area contributed by atoms with Crippen LogP contribution in [0.25, 0.3) is 11.3 Å². The molecule has 27 heavy (non-hydrogen) atoms. The summed E-state index contributed by atoms with van der Waals surface area (Å²) in [6.07, 6.45) is 4.09. The third-order valence-corrected chi connectivity index (χ3v) is 5.68. The number of carbonyl (C=O) groups is 1. The van der Waals surface area contributed by atoms with Crippen LogP contribution in [0.5, 0.6) is 0 Å². The summed E-state index contributed by atoms with van der Waals surface area (Å²) in [6.45, 7) is 1.24. The lowest BCUT2D eigenvalue weighted by Gasteiger charge is -2.02. The smallest absolute Gasteiger partial charge is 0.257 e. The fraction of sp³-hybridized carbons (Fsp3) is 0.200. The lowest BCUT2D eigenvalue weighted by molar-refractivity contribution is -0.689. The molecule has 0 spiro atoms. The molecule has 140 valence electrons. The second-order valence-electron chi connectivity index (χ2n) is 6.37. The van der Waals surface area contributed by atoms with E-state index in [-0.39, 0.29) is 29.3 Å². The summed E-state index contributed by atoms with van der Waals surface area (Å²) < 4.78 is 4.33. The number of hydrogen-bond donors (Lipinski definition) is 0. The average Bonchev–Trinajstić information content (AvgIpc) is 3.22. The molecule has 3 aromatic rings. The minimum absolute atomic E-state index is 0. The van der Waals surface area contributed by atoms with Crippen molar-refractivity contribution in [3.63, 3.8) is 0 Å². The molecule has 0 saturated heterocycles. The molecular formula is C20H16BrCl3N2O. The van der Waals surface area contributed by atoms with Crippen molar-refractivity contribution in [1.29, 1.82) is 0 Å². The zero-order valence-corrected chi connectivity index (χ0v) is 18.1. The van der Waals surface area contributed by atoms with E-state index >= 15 is 0 Å². The maximum Gasteiger partial charge on any atom is 0.257 e. The minimum Gasteiger partial charge on any atom is -1.00 e. The van der Waals surface area contributed by atoms with Crippen molar-refractivity contribution < 1.29 is 26.3 Å². The maximum atomic E-state index is 12.7. The first-order chi connectivity index (χ1) is 12.5. The van der Waals surface area contributed by atoms with Gasteiger partial charge in [0.25, 0.3) is 5.82 Å². The van der Waals surface area contributed by atoms with Gasteiger partial charge in [0.05, 0.1) is 23.0 Å². The van der Waals surface area contributed by atoms with Crippen LogP contribution in [-0.4, -0.2) is 10.4 Å². The van der Waals surface area contributed by atoms with Gasteiger partial charge in [0, 0.05) is 16.1 Å². The summed E-state index contributed by atoms with van der Waals surface area (Å²) in [4.78, 5) is 12.7. The monoisotopic (exact) mass is 484 g/mol. The number of Topliss-reactive ketones (excluding diaryl/α,β-unsaturated/α-hetero) is 1. The third kappa shape index (κ3) is 4.09. The normalized spacial score (nSPS) is 12.6. The maximum absolute atomic E-state index is 12.7. The molecular weight excluding hydrogens is 470 g/mol. The second kappa shape index (κ2) is 8.36. The molecule has 0 unspecified atom stereocenters. The van der Waals surface area contributed by atoms with E-state index < -0.39 is 0 Å². The van der Waals surface area contributed by atoms with Gasteiger partial charge >= 0.3 is 0 Å². The Morgan fingerprint density at radius 2 is 1.78 bits per heavy atom. The largest absolute Gasteiger partial charge is 1.00 e. The van der Waals surface area contributed by atoms with E-state index in [2.05, 4.69) is 4.57 Å². The van der Waals surface area contributed by atoms with Crippen LogP contribution in [0.4, 0.5) is 0 Å². The number of ketones is 1. The van der Waals surface area contributed by atoms with E-state index in [0.717, 1.165) is 30.6 Å². The van der Waals surface area contributed by atoms with Gasteiger partial charge in [0.1, 0.15) is 6.20 Å². The van der Waals surface area contributed by atoms with Crippen LogP contribution in [0.3, 0.4) is 0 Å². The summed E-state index contributed by atoms with van der Waals surface area (Å²) in [5.41, 5.74) is 2.77. The molecule has 0 bridgehead atoms. The number of aromatic nitrogens is 2. The predicted molar refractivity (Wildman–Crippen MR) is 104 cm³/mol. The lowest BCUT2D eigenvalue weighted by atomic mass is 10.1. The highest BCUT2D eigenvalue weighted by Gasteiger charge is 2.29. The number of rotatable bonds is 4. The van der Waals surface area contributed by atoms with Gasteiger partial charge in [0.2, 0.25) is 5.78 Å². The Balaban J connectivity index is 0.00000210. The zero-order valence-electron chi connectivity index (χ0n) is 14.3. The van der Waals surface area contributed by atoms with Gasteiger partial charge in [-0.05, 0) is 48.9 Å². The van der Waals surface area contributed by atoms with Crippen LogP contribution in [0, 0.1) is 0 Å². The van der Waals surface area contributed by atoms with Crippen LogP contribution in [0.2, 0.25) is 15.1 Å². The van der Waals surface area contributed by atoms with E-state index in [4.69, 9.17) is 34.8 Å². The molecule has 0 aliphatic carbocycles. The van der Waals surface area contributed by atoms with Crippen LogP contribution < -0.4 is 21.5 Å². The fourth-order valence-electron chi connectivity index (χ4n) is 3.41. The Morgan fingerprint density at radius 3 is 2.48 bits per heavy atom. The molecule has 1 aliphatic heterocycles. The summed E-state index contributed by atoms with van der Waals surface area (Å²) in [5, 5.41) is 1.56. The molecule has 0 N–H and O–H groups in total. The Hall–Kier alpha value is -1.33. The fourth-order valence-corrected chi connectivity index (χ4v) is 3.84. The first kappa shape index (κ1) is 20.4. The summed E-state index contributed by atoms with van der Waals surface area (Å²) in [5.74, 6) is 1.18. The highest BCUT2D eigenvalue weighted by Crippen LogP contribution is 2.26. The molecule has 4 rings (SSSR count). The summed E-state index contributed by atoms with van der Waals surface area (Å²) in [6, 6.07) is 12.8. The second-order valence-corrected chi connectivity index (χ2v) is 7.62. The van der Waals surface area contributed by atoms with E-state index in [0.29, 0.717) is 20.6 Å². The number of hydrogen-bond acceptors (Lipinski definition) is 1. The van der Waals surface area contributed by atoms with E-state index in [1.807, 2.05) is 35.0 Å². The van der Waals surface area contributed by atoms with E-state index in [9.17, 15) is 4.79 Å². The number of halogens is 4. The van der Waals surface area contributed by atoms with Gasteiger partial charge < -0.3 is 17.0 Å². The zero-order chi connectivity index (χ0) is 18.3. The van der Waals surface area contributed by atoms with Gasteiger partial charge in [-0.3, -0.25) is 4.79 Å². The quantitative estimate of drug-likeness (QED) is 0.410. The van der Waals surface area contributed by atoms with Crippen LogP contribution >= 0.6 is 34.8 Å². The molecule has 1 aliphatic rings. The number of carbonyl (C=O) groups excluding carboxylic acids is 1. The first-order valence-corrected chi connectivity index (χ1v) is 9.52. The van der Waals surface area contributed by atoms with Crippen molar-refractivity contribution >= 4 is 40.6 Å². The van der Waals surface area contributed by atoms with Crippen LogP contribution in [0.15, 0.2) is 48.7 Å². The minimum atomic E-state index is 0. The summed E-state index contributed by atoms with van der Waals surface area (Å²) in [7, 11) is 0. The Labute approximate surface area is 183 Å². The van der Waals surface area contributed by atoms with Crippen molar-refractivity contribution in [3.05, 3.63) is 75.1 Å². The van der Waals surface area contributed by atoms with Gasteiger partial charge in [-0.2, -0.15) is 0 Å². The highest BCUT2D eigenvalue weighted by molar-refractivity contribution is 6.42. The standard InChI is InChI=1S/C20H16Cl3N2O.BrH/c21-15-6-3-13(4-7-15)18-11-24(20-2-1-9-25(18)20)12-19(26)14-5-8-16(22)17(23)10-14;/h3-8,10-11H,1-2,9,12H2;1H/q+1;/p-1. The van der Waals surface area contributed by atoms with Crippen molar-refractivity contribution in [3.8, 4) is 11.3 Å². The number of nitrogens with zero attached hydrogens (tertiary/aromatic N) is 2. The molecule has 0 saturated carbocycles. The Bertz CT molecular complexity index is 999. The third-order valence-electron chi connectivity index (χ3n) is 4.69. The van der Waals surface area contributed by atoms with Gasteiger partial charge in [0.15, 0.2) is 12.2 Å².